The second kappa shape index (κ2) is 7.96. The Hall–Kier alpha value is -2.93. The standard InChI is InChI=1S/C22H20F2N3O3P/c1-15-5-4-6-17(13-15)21(27-20-8-3-2-7-19(20)25-26-27)14-16-9-11-18(12-10-16)22(23,24)31(28,29)30/h2-13,21H,14H2,1H3,(H2,28,29,30). The minimum Gasteiger partial charge on any atom is -0.320 e. The van der Waals surface area contributed by atoms with E-state index in [1.165, 1.54) is 12.1 Å². The van der Waals surface area contributed by atoms with Crippen LogP contribution in [0.15, 0.2) is 72.8 Å². The highest BCUT2D eigenvalue weighted by Gasteiger charge is 2.50. The van der Waals surface area contributed by atoms with Crippen LogP contribution in [0.5, 0.6) is 0 Å². The molecule has 0 amide bonds. The Kier molecular flexibility index (Phi) is 5.47. The fourth-order valence-electron chi connectivity index (χ4n) is 3.57. The van der Waals surface area contributed by atoms with E-state index in [0.717, 1.165) is 39.9 Å². The molecule has 6 nitrogen and oxygen atoms in total. The maximum absolute atomic E-state index is 14.0. The lowest BCUT2D eigenvalue weighted by atomic mass is 9.97. The molecule has 0 fully saturated rings. The third kappa shape index (κ3) is 4.14. The first-order valence-electron chi connectivity index (χ1n) is 9.56. The van der Waals surface area contributed by atoms with Gasteiger partial charge in [-0.05, 0) is 36.6 Å². The van der Waals surface area contributed by atoms with Gasteiger partial charge in [0, 0.05) is 5.56 Å². The molecular weight excluding hydrogens is 423 g/mol. The van der Waals surface area contributed by atoms with Crippen molar-refractivity contribution in [2.45, 2.75) is 25.1 Å². The first-order chi connectivity index (χ1) is 14.7. The zero-order valence-electron chi connectivity index (χ0n) is 16.6. The van der Waals surface area contributed by atoms with Gasteiger partial charge in [-0.15, -0.1) is 5.10 Å². The van der Waals surface area contributed by atoms with Gasteiger partial charge in [-0.3, -0.25) is 4.57 Å². The van der Waals surface area contributed by atoms with Crippen LogP contribution in [0, 0.1) is 6.92 Å². The van der Waals surface area contributed by atoms with Crippen molar-refractivity contribution in [3.63, 3.8) is 0 Å². The molecule has 1 aromatic heterocycles. The Bertz CT molecular complexity index is 1270. The van der Waals surface area contributed by atoms with E-state index in [9.17, 15) is 13.3 Å². The van der Waals surface area contributed by atoms with E-state index in [0.29, 0.717) is 6.42 Å². The van der Waals surface area contributed by atoms with E-state index in [-0.39, 0.29) is 6.04 Å². The number of hydrogen-bond acceptors (Lipinski definition) is 3. The van der Waals surface area contributed by atoms with Gasteiger partial charge in [0.25, 0.3) is 0 Å². The smallest absolute Gasteiger partial charge is 0.320 e. The Labute approximate surface area is 177 Å². The zero-order valence-corrected chi connectivity index (χ0v) is 17.5. The number of aryl methyl sites for hydroxylation is 1. The number of alkyl halides is 2. The van der Waals surface area contributed by atoms with Gasteiger partial charge in [0.1, 0.15) is 5.52 Å². The van der Waals surface area contributed by atoms with Crippen molar-refractivity contribution in [3.8, 4) is 0 Å². The average molecular weight is 443 g/mol. The molecule has 0 saturated heterocycles. The maximum Gasteiger partial charge on any atom is 0.399 e. The SMILES string of the molecule is Cc1cccc(C(Cc2ccc(C(F)(F)P(=O)(O)O)cc2)n2nnc3ccccc32)c1. The molecule has 0 radical (unpaired) electrons. The molecule has 1 heterocycles. The third-order valence-electron chi connectivity index (χ3n) is 5.20. The molecule has 0 aliphatic heterocycles. The van der Waals surface area contributed by atoms with Gasteiger partial charge in [-0.25, -0.2) is 4.68 Å². The normalized spacial score (nSPS) is 13.5. The highest BCUT2D eigenvalue weighted by atomic mass is 31.2. The third-order valence-corrected chi connectivity index (χ3v) is 6.19. The van der Waals surface area contributed by atoms with Gasteiger partial charge in [0.2, 0.25) is 0 Å². The fourth-order valence-corrected chi connectivity index (χ4v) is 4.06. The second-order valence-corrected chi connectivity index (χ2v) is 9.09. The summed E-state index contributed by atoms with van der Waals surface area (Å²) in [5.41, 5.74) is -0.581. The van der Waals surface area contributed by atoms with Crippen LogP contribution in [0.3, 0.4) is 0 Å². The summed E-state index contributed by atoms with van der Waals surface area (Å²) in [6.07, 6.45) is 0.429. The summed E-state index contributed by atoms with van der Waals surface area (Å²) in [5.74, 6) is 0. The molecular formula is C22H20F2N3O3P. The van der Waals surface area contributed by atoms with E-state index >= 15 is 0 Å². The average Bonchev–Trinajstić information content (AvgIpc) is 3.15. The molecule has 4 aromatic rings. The molecule has 1 atom stereocenters. The molecule has 160 valence electrons. The highest BCUT2D eigenvalue weighted by molar-refractivity contribution is 7.52. The number of rotatable bonds is 6. The first kappa shape index (κ1) is 21.3. The number of nitrogens with zero attached hydrogens (tertiary/aromatic N) is 3. The largest absolute Gasteiger partial charge is 0.399 e. The summed E-state index contributed by atoms with van der Waals surface area (Å²) in [6.45, 7) is 1.99. The maximum atomic E-state index is 14.0. The summed E-state index contributed by atoms with van der Waals surface area (Å²) >= 11 is 0. The van der Waals surface area contributed by atoms with Crippen LogP contribution in [-0.2, 0) is 16.6 Å². The summed E-state index contributed by atoms with van der Waals surface area (Å²) in [4.78, 5) is 17.9. The highest BCUT2D eigenvalue weighted by Crippen LogP contribution is 2.59. The summed E-state index contributed by atoms with van der Waals surface area (Å²) in [7, 11) is -5.61. The molecule has 0 saturated carbocycles. The van der Waals surface area contributed by atoms with Crippen LogP contribution in [0.25, 0.3) is 11.0 Å². The topological polar surface area (TPSA) is 88.2 Å². The van der Waals surface area contributed by atoms with Crippen molar-refractivity contribution in [2.75, 3.05) is 0 Å². The van der Waals surface area contributed by atoms with Crippen LogP contribution in [0.4, 0.5) is 8.78 Å². The van der Waals surface area contributed by atoms with Gasteiger partial charge in [-0.2, -0.15) is 8.78 Å². The molecule has 1 unspecified atom stereocenters. The van der Waals surface area contributed by atoms with Crippen LogP contribution in [0.2, 0.25) is 0 Å². The van der Waals surface area contributed by atoms with E-state index in [2.05, 4.69) is 10.3 Å². The minimum absolute atomic E-state index is 0.250. The molecule has 0 spiro atoms. The molecule has 3 aromatic carbocycles. The lowest BCUT2D eigenvalue weighted by molar-refractivity contribution is 0.0564. The molecule has 9 heteroatoms. The quantitative estimate of drug-likeness (QED) is 0.418. The van der Waals surface area contributed by atoms with E-state index in [1.807, 2.05) is 60.1 Å². The van der Waals surface area contributed by atoms with Crippen molar-refractivity contribution >= 4 is 18.6 Å². The van der Waals surface area contributed by atoms with Crippen molar-refractivity contribution in [2.24, 2.45) is 0 Å². The molecule has 0 bridgehead atoms. The number of halogens is 2. The van der Waals surface area contributed by atoms with Gasteiger partial charge in [0.15, 0.2) is 0 Å². The Balaban J connectivity index is 1.73. The summed E-state index contributed by atoms with van der Waals surface area (Å²) < 4.78 is 40.9. The molecule has 2 N–H and O–H groups in total. The van der Waals surface area contributed by atoms with Crippen molar-refractivity contribution in [1.29, 1.82) is 0 Å². The predicted molar refractivity (Wildman–Crippen MR) is 113 cm³/mol. The number of aromatic nitrogens is 3. The monoisotopic (exact) mass is 443 g/mol. The number of hydrogen-bond donors (Lipinski definition) is 2. The number of benzene rings is 3. The second-order valence-electron chi connectivity index (χ2n) is 7.44. The number of para-hydroxylation sites is 1. The Morgan fingerprint density at radius 2 is 1.74 bits per heavy atom. The van der Waals surface area contributed by atoms with Crippen molar-refractivity contribution in [3.05, 3.63) is 95.1 Å². The van der Waals surface area contributed by atoms with E-state index in [4.69, 9.17) is 9.79 Å². The fraction of sp³-hybridized carbons (Fsp3) is 0.182. The van der Waals surface area contributed by atoms with Crippen LogP contribution >= 0.6 is 7.60 Å². The number of fused-ring (bicyclic) bond motifs is 1. The lowest BCUT2D eigenvalue weighted by Crippen LogP contribution is -2.16. The van der Waals surface area contributed by atoms with Gasteiger partial charge < -0.3 is 9.79 Å². The predicted octanol–water partition coefficient (Wildman–Crippen LogP) is 4.80. The van der Waals surface area contributed by atoms with Crippen LogP contribution in [-0.4, -0.2) is 24.8 Å². The summed E-state index contributed by atoms with van der Waals surface area (Å²) in [6, 6.07) is 20.3. The van der Waals surface area contributed by atoms with Gasteiger partial charge >= 0.3 is 13.3 Å². The lowest BCUT2D eigenvalue weighted by Gasteiger charge is -2.21. The summed E-state index contributed by atoms with van der Waals surface area (Å²) in [5, 5.41) is 8.56. The van der Waals surface area contributed by atoms with Crippen LogP contribution in [0.1, 0.15) is 28.3 Å². The van der Waals surface area contributed by atoms with Crippen LogP contribution < -0.4 is 0 Å². The van der Waals surface area contributed by atoms with Gasteiger partial charge in [-0.1, -0.05) is 71.4 Å². The Morgan fingerprint density at radius 3 is 2.42 bits per heavy atom. The molecule has 0 aliphatic rings. The minimum atomic E-state index is -5.61. The molecule has 31 heavy (non-hydrogen) atoms. The van der Waals surface area contributed by atoms with Crippen molar-refractivity contribution in [1.82, 2.24) is 15.0 Å². The molecule has 0 aliphatic carbocycles. The van der Waals surface area contributed by atoms with E-state index in [1.54, 1.807) is 0 Å². The zero-order chi connectivity index (χ0) is 22.2. The van der Waals surface area contributed by atoms with E-state index < -0.39 is 18.8 Å². The van der Waals surface area contributed by atoms with Gasteiger partial charge in [0.05, 0.1) is 11.6 Å². The first-order valence-corrected chi connectivity index (χ1v) is 11.2. The molecule has 4 rings (SSSR count). The van der Waals surface area contributed by atoms with Crippen molar-refractivity contribution < 1.29 is 23.1 Å². The Morgan fingerprint density at radius 1 is 1.03 bits per heavy atom.